The van der Waals surface area contributed by atoms with Gasteiger partial charge in [-0.15, -0.1) is 0 Å². The van der Waals surface area contributed by atoms with Crippen molar-refractivity contribution >= 4 is 12.1 Å². The molecule has 2 fully saturated rings. The molecule has 0 saturated heterocycles. The topological polar surface area (TPSA) is 75.6 Å². The Labute approximate surface area is 126 Å². The number of alkyl carbamates (subject to hydrolysis) is 1. The molecule has 0 heterocycles. The largest absolute Gasteiger partial charge is 0.481 e. The molecule has 0 radical (unpaired) electrons. The van der Waals surface area contributed by atoms with E-state index in [9.17, 15) is 14.7 Å². The predicted molar refractivity (Wildman–Crippen MR) is 79.0 cm³/mol. The van der Waals surface area contributed by atoms with E-state index in [-0.39, 0.29) is 16.9 Å². The molecule has 0 aliphatic heterocycles. The van der Waals surface area contributed by atoms with E-state index in [1.165, 1.54) is 0 Å². The normalized spacial score (nSPS) is 37.3. The van der Waals surface area contributed by atoms with Crippen LogP contribution in [0, 0.1) is 16.2 Å². The highest BCUT2D eigenvalue weighted by atomic mass is 16.6. The number of aliphatic carboxylic acids is 1. The summed E-state index contributed by atoms with van der Waals surface area (Å²) in [5, 5.41) is 12.7. The second-order valence-electron chi connectivity index (χ2n) is 8.33. The first-order valence-electron chi connectivity index (χ1n) is 7.59. The summed E-state index contributed by atoms with van der Waals surface area (Å²) < 4.78 is 5.32. The van der Waals surface area contributed by atoms with Gasteiger partial charge in [-0.05, 0) is 50.9 Å². The van der Waals surface area contributed by atoms with E-state index in [0.29, 0.717) is 12.8 Å². The fraction of sp³-hybridized carbons (Fsp3) is 0.875. The average Bonchev–Trinajstić information content (AvgIpc) is 2.56. The molecular formula is C16H27NO4. The van der Waals surface area contributed by atoms with E-state index in [1.54, 1.807) is 0 Å². The summed E-state index contributed by atoms with van der Waals surface area (Å²) in [6.07, 6.45) is 1.51. The molecule has 0 spiro atoms. The second-order valence-corrected chi connectivity index (χ2v) is 8.33. The first-order valence-corrected chi connectivity index (χ1v) is 7.59. The van der Waals surface area contributed by atoms with Gasteiger partial charge in [0.25, 0.3) is 0 Å². The maximum atomic E-state index is 12.0. The highest BCUT2D eigenvalue weighted by Gasteiger charge is 2.72. The third-order valence-corrected chi connectivity index (χ3v) is 6.12. The maximum absolute atomic E-state index is 12.0. The van der Waals surface area contributed by atoms with Gasteiger partial charge in [0.15, 0.2) is 0 Å². The summed E-state index contributed by atoms with van der Waals surface area (Å²) in [5.41, 5.74) is -1.88. The highest BCUT2D eigenvalue weighted by Crippen LogP contribution is 2.72. The number of hydrogen-bond donors (Lipinski definition) is 2. The molecule has 5 heteroatoms. The Kier molecular flexibility index (Phi) is 3.35. The summed E-state index contributed by atoms with van der Waals surface area (Å²) in [4.78, 5) is 23.9. The summed E-state index contributed by atoms with van der Waals surface area (Å²) in [7, 11) is 0. The number of fused-ring (bicyclic) bond motifs is 2. The lowest BCUT2D eigenvalue weighted by atomic mass is 9.65. The zero-order valence-corrected chi connectivity index (χ0v) is 13.9. The number of carboxylic acid groups (broad SMARTS) is 1. The van der Waals surface area contributed by atoms with Gasteiger partial charge in [-0.1, -0.05) is 20.8 Å². The number of ether oxygens (including phenoxy) is 1. The van der Waals surface area contributed by atoms with Crippen LogP contribution >= 0.6 is 0 Å². The Morgan fingerprint density at radius 3 is 2.19 bits per heavy atom. The highest BCUT2D eigenvalue weighted by molar-refractivity contribution is 5.78. The molecule has 21 heavy (non-hydrogen) atoms. The number of carbonyl (C=O) groups is 2. The van der Waals surface area contributed by atoms with E-state index in [4.69, 9.17) is 4.74 Å². The van der Waals surface area contributed by atoms with Crippen LogP contribution in [0.25, 0.3) is 0 Å². The Hall–Kier alpha value is -1.26. The van der Waals surface area contributed by atoms with Gasteiger partial charge in [-0.25, -0.2) is 4.79 Å². The zero-order chi connectivity index (χ0) is 16.3. The van der Waals surface area contributed by atoms with Gasteiger partial charge in [0, 0.05) is 6.04 Å². The van der Waals surface area contributed by atoms with Gasteiger partial charge in [0.1, 0.15) is 5.60 Å². The number of rotatable bonds is 2. The van der Waals surface area contributed by atoms with Crippen molar-refractivity contribution in [2.24, 2.45) is 16.2 Å². The summed E-state index contributed by atoms with van der Waals surface area (Å²) >= 11 is 0. The van der Waals surface area contributed by atoms with Crippen molar-refractivity contribution in [3.63, 3.8) is 0 Å². The number of hydrogen-bond acceptors (Lipinski definition) is 3. The third-order valence-electron chi connectivity index (χ3n) is 6.12. The van der Waals surface area contributed by atoms with Gasteiger partial charge in [0.2, 0.25) is 0 Å². The van der Waals surface area contributed by atoms with Crippen molar-refractivity contribution in [1.82, 2.24) is 5.32 Å². The van der Waals surface area contributed by atoms with Crippen LogP contribution in [0.3, 0.4) is 0 Å². The Morgan fingerprint density at radius 2 is 1.76 bits per heavy atom. The van der Waals surface area contributed by atoms with Crippen LogP contribution in [-0.2, 0) is 9.53 Å². The second kappa shape index (κ2) is 4.37. The van der Waals surface area contributed by atoms with Crippen molar-refractivity contribution in [2.75, 3.05) is 0 Å². The van der Waals surface area contributed by atoms with E-state index in [1.807, 2.05) is 34.6 Å². The molecule has 0 unspecified atom stereocenters. The van der Waals surface area contributed by atoms with E-state index in [0.717, 1.165) is 6.42 Å². The van der Waals surface area contributed by atoms with Crippen molar-refractivity contribution < 1.29 is 19.4 Å². The van der Waals surface area contributed by atoms with Gasteiger partial charge < -0.3 is 15.2 Å². The van der Waals surface area contributed by atoms with Crippen LogP contribution < -0.4 is 5.32 Å². The van der Waals surface area contributed by atoms with Gasteiger partial charge in [0.05, 0.1) is 5.41 Å². The summed E-state index contributed by atoms with van der Waals surface area (Å²) in [6, 6.07) is -0.160. The number of nitrogens with one attached hydrogen (secondary N) is 1. The SMILES string of the molecule is CC(C)(C)OC(=O)N[C@@H]1C[C@@]2(C(=O)O)CC[C@@]1(C)C2(C)C. The van der Waals surface area contributed by atoms with Crippen molar-refractivity contribution in [3.05, 3.63) is 0 Å². The fourth-order valence-corrected chi connectivity index (χ4v) is 4.31. The molecule has 5 nitrogen and oxygen atoms in total. The molecule has 2 rings (SSSR count). The molecular weight excluding hydrogens is 270 g/mol. The van der Waals surface area contributed by atoms with Gasteiger partial charge in [-0.2, -0.15) is 0 Å². The van der Waals surface area contributed by atoms with Crippen LogP contribution in [0.4, 0.5) is 4.79 Å². The minimum absolute atomic E-state index is 0.160. The lowest BCUT2D eigenvalue weighted by molar-refractivity contribution is -0.154. The molecule has 120 valence electrons. The zero-order valence-electron chi connectivity index (χ0n) is 13.9. The molecule has 0 aromatic carbocycles. The predicted octanol–water partition coefficient (Wildman–Crippen LogP) is 3.18. The summed E-state index contributed by atoms with van der Waals surface area (Å²) in [5.74, 6) is -0.746. The van der Waals surface area contributed by atoms with Crippen molar-refractivity contribution in [2.45, 2.75) is 72.4 Å². The Bertz CT molecular complexity index is 479. The number of carbonyl (C=O) groups excluding carboxylic acids is 1. The standard InChI is InChI=1S/C16H27NO4/c1-13(2,3)21-12(20)17-10-9-16(11(18)19)8-7-15(10,6)14(16,4)5/h10H,7-9H2,1-6H3,(H,17,20)(H,18,19)/t10-,15-,16-/m1/s1. The van der Waals surface area contributed by atoms with Crippen molar-refractivity contribution in [1.29, 1.82) is 0 Å². The van der Waals surface area contributed by atoms with Gasteiger partial charge in [-0.3, -0.25) is 4.79 Å². The molecule has 2 bridgehead atoms. The molecule has 1 amide bonds. The molecule has 3 atom stereocenters. The molecule has 2 aliphatic rings. The first kappa shape index (κ1) is 16.1. The van der Waals surface area contributed by atoms with E-state index >= 15 is 0 Å². The Morgan fingerprint density at radius 1 is 1.19 bits per heavy atom. The number of amides is 1. The molecule has 2 aliphatic carbocycles. The summed E-state index contributed by atoms with van der Waals surface area (Å²) in [6.45, 7) is 11.6. The monoisotopic (exact) mass is 297 g/mol. The van der Waals surface area contributed by atoms with Gasteiger partial charge >= 0.3 is 12.1 Å². The lowest BCUT2D eigenvalue weighted by Crippen LogP contribution is -2.48. The van der Waals surface area contributed by atoms with E-state index in [2.05, 4.69) is 12.2 Å². The number of carboxylic acids is 1. The fourth-order valence-electron chi connectivity index (χ4n) is 4.31. The molecule has 0 aromatic rings. The quantitative estimate of drug-likeness (QED) is 0.820. The lowest BCUT2D eigenvalue weighted by Gasteiger charge is -2.40. The minimum Gasteiger partial charge on any atom is -0.481 e. The molecule has 2 saturated carbocycles. The van der Waals surface area contributed by atoms with Crippen LogP contribution in [0.2, 0.25) is 0 Å². The third kappa shape index (κ3) is 2.12. The average molecular weight is 297 g/mol. The van der Waals surface area contributed by atoms with E-state index < -0.39 is 23.1 Å². The molecule has 2 N–H and O–H groups in total. The Balaban J connectivity index is 2.22. The van der Waals surface area contributed by atoms with Crippen LogP contribution in [0.5, 0.6) is 0 Å². The first-order chi connectivity index (χ1) is 9.36. The van der Waals surface area contributed by atoms with Crippen LogP contribution in [0.1, 0.15) is 60.8 Å². The minimum atomic E-state index is -0.749. The van der Waals surface area contributed by atoms with Crippen molar-refractivity contribution in [3.8, 4) is 0 Å². The van der Waals surface area contributed by atoms with Crippen LogP contribution in [-0.4, -0.2) is 28.8 Å². The smallest absolute Gasteiger partial charge is 0.407 e. The van der Waals surface area contributed by atoms with Crippen LogP contribution in [0.15, 0.2) is 0 Å². The molecule has 0 aromatic heterocycles. The maximum Gasteiger partial charge on any atom is 0.407 e.